The second-order valence-electron chi connectivity index (χ2n) is 8.29. The maximum absolute atomic E-state index is 12.5. The summed E-state index contributed by atoms with van der Waals surface area (Å²) >= 11 is 0. The van der Waals surface area contributed by atoms with Crippen LogP contribution in [0, 0.1) is 11.3 Å². The first kappa shape index (κ1) is 21.4. The molecule has 2 aliphatic rings. The number of ether oxygens (including phenoxy) is 1. The summed E-state index contributed by atoms with van der Waals surface area (Å²) in [5.74, 6) is 0.769. The highest BCUT2D eigenvalue weighted by Gasteiger charge is 2.50. The Morgan fingerprint density at radius 3 is 2.46 bits per heavy atom. The fraction of sp³-hybridized carbons (Fsp3) is 0.905. The number of cyclic esters (lactones) is 1. The Kier molecular flexibility index (Phi) is 8.08. The monoisotopic (exact) mass is 366 g/mol. The average Bonchev–Trinajstić information content (AvgIpc) is 2.96. The van der Waals surface area contributed by atoms with Gasteiger partial charge in [0.25, 0.3) is 0 Å². The van der Waals surface area contributed by atoms with Crippen LogP contribution in [0.3, 0.4) is 0 Å². The highest BCUT2D eigenvalue weighted by molar-refractivity contribution is 5.83. The van der Waals surface area contributed by atoms with Crippen LogP contribution in [0.4, 0.5) is 0 Å². The number of nitrogens with zero attached hydrogens (tertiary/aromatic N) is 1. The van der Waals surface area contributed by atoms with Gasteiger partial charge in [-0.15, -0.1) is 0 Å². The van der Waals surface area contributed by atoms with Crippen LogP contribution in [0.25, 0.3) is 0 Å². The summed E-state index contributed by atoms with van der Waals surface area (Å²) in [6.07, 6.45) is 8.06. The van der Waals surface area contributed by atoms with Gasteiger partial charge in [0.15, 0.2) is 0 Å². The molecule has 1 heterocycles. The van der Waals surface area contributed by atoms with Gasteiger partial charge in [-0.1, -0.05) is 20.8 Å². The quantitative estimate of drug-likeness (QED) is 0.601. The lowest BCUT2D eigenvalue weighted by Gasteiger charge is -2.34. The number of esters is 1. The van der Waals surface area contributed by atoms with E-state index in [4.69, 9.17) is 10.5 Å². The van der Waals surface area contributed by atoms with Crippen molar-refractivity contribution < 1.29 is 14.3 Å². The van der Waals surface area contributed by atoms with Crippen molar-refractivity contribution in [2.24, 2.45) is 17.1 Å². The van der Waals surface area contributed by atoms with Gasteiger partial charge in [0.2, 0.25) is 0 Å². The summed E-state index contributed by atoms with van der Waals surface area (Å²) in [6.45, 7) is 9.39. The highest BCUT2D eigenvalue weighted by atomic mass is 16.6. The Morgan fingerprint density at radius 2 is 1.88 bits per heavy atom. The molecule has 2 rings (SSSR count). The molecule has 2 fully saturated rings. The number of hydrogen-bond acceptors (Lipinski definition) is 5. The molecular formula is C21H38N2O3. The number of rotatable bonds is 10. The molecule has 26 heavy (non-hydrogen) atoms. The molecule has 0 aromatic heterocycles. The van der Waals surface area contributed by atoms with E-state index < -0.39 is 0 Å². The third-order valence-electron chi connectivity index (χ3n) is 6.70. The largest absolute Gasteiger partial charge is 0.462 e. The predicted molar refractivity (Wildman–Crippen MR) is 104 cm³/mol. The van der Waals surface area contributed by atoms with Gasteiger partial charge >= 0.3 is 5.97 Å². The summed E-state index contributed by atoms with van der Waals surface area (Å²) in [6, 6.07) is -0.304. The Labute approximate surface area is 159 Å². The molecule has 0 radical (unpaired) electrons. The maximum Gasteiger partial charge on any atom is 0.312 e. The van der Waals surface area contributed by atoms with Gasteiger partial charge in [0.1, 0.15) is 11.9 Å². The Morgan fingerprint density at radius 1 is 1.23 bits per heavy atom. The normalized spacial score (nSPS) is 30.0. The second-order valence-corrected chi connectivity index (χ2v) is 8.29. The zero-order valence-corrected chi connectivity index (χ0v) is 17.0. The van der Waals surface area contributed by atoms with Crippen LogP contribution in [0.2, 0.25) is 0 Å². The zero-order chi connectivity index (χ0) is 19.2. The van der Waals surface area contributed by atoms with E-state index in [0.29, 0.717) is 18.8 Å². The molecule has 0 aromatic rings. The molecule has 2 atom stereocenters. The fourth-order valence-electron chi connectivity index (χ4n) is 4.55. The molecule has 0 unspecified atom stereocenters. The zero-order valence-electron chi connectivity index (χ0n) is 17.0. The number of Topliss-reactive ketones (excluding diaryl/α,β-unsaturated/α-hetero) is 1. The summed E-state index contributed by atoms with van der Waals surface area (Å²) < 4.78 is 5.74. The van der Waals surface area contributed by atoms with Gasteiger partial charge in [0.05, 0.1) is 11.5 Å². The first-order valence-corrected chi connectivity index (χ1v) is 10.7. The first-order chi connectivity index (χ1) is 12.4. The molecule has 1 saturated heterocycles. The number of nitrogens with two attached hydrogens (primary N) is 1. The number of hydrogen-bond donors (Lipinski definition) is 1. The standard InChI is InChI=1S/C21H38N2O3/c1-4-18(22)19(24)8-7-16-9-12-21(13-10-16)15-17(26-20(21)25)11-14-23(5-2)6-3/h16-18H,4-15,22H2,1-3H3/t16?,17-,18-,21?/m0/s1. The molecule has 1 spiro atoms. The molecule has 0 amide bonds. The summed E-state index contributed by atoms with van der Waals surface area (Å²) in [4.78, 5) is 26.9. The second kappa shape index (κ2) is 9.84. The summed E-state index contributed by atoms with van der Waals surface area (Å²) in [5.41, 5.74) is 5.57. The minimum absolute atomic E-state index is 0.0320. The van der Waals surface area contributed by atoms with E-state index in [1.54, 1.807) is 0 Å². The molecule has 5 nitrogen and oxygen atoms in total. The van der Waals surface area contributed by atoms with Gasteiger partial charge in [-0.3, -0.25) is 9.59 Å². The third-order valence-corrected chi connectivity index (χ3v) is 6.70. The highest BCUT2D eigenvalue weighted by Crippen LogP contribution is 2.48. The van der Waals surface area contributed by atoms with Crippen LogP contribution < -0.4 is 5.73 Å². The average molecular weight is 367 g/mol. The Balaban J connectivity index is 1.77. The molecule has 1 aliphatic heterocycles. The van der Waals surface area contributed by atoms with Gasteiger partial charge in [-0.25, -0.2) is 0 Å². The molecule has 2 N–H and O–H groups in total. The summed E-state index contributed by atoms with van der Waals surface area (Å²) in [7, 11) is 0. The van der Waals surface area contributed by atoms with E-state index in [1.807, 2.05) is 6.92 Å². The van der Waals surface area contributed by atoms with Crippen molar-refractivity contribution in [3.63, 3.8) is 0 Å². The molecule has 1 saturated carbocycles. The van der Waals surface area contributed by atoms with Crippen molar-refractivity contribution in [2.45, 2.75) is 90.7 Å². The molecule has 150 valence electrons. The van der Waals surface area contributed by atoms with E-state index in [1.165, 1.54) is 0 Å². The Bertz CT molecular complexity index is 468. The van der Waals surface area contributed by atoms with Crippen LogP contribution in [0.15, 0.2) is 0 Å². The van der Waals surface area contributed by atoms with Crippen molar-refractivity contribution in [1.82, 2.24) is 4.90 Å². The fourth-order valence-corrected chi connectivity index (χ4v) is 4.55. The number of carbonyl (C=O) groups is 2. The first-order valence-electron chi connectivity index (χ1n) is 10.7. The third kappa shape index (κ3) is 5.29. The number of carbonyl (C=O) groups excluding carboxylic acids is 2. The number of ketones is 1. The van der Waals surface area contributed by atoms with Crippen LogP contribution >= 0.6 is 0 Å². The molecule has 1 aliphatic carbocycles. The predicted octanol–water partition coefficient (Wildman–Crippen LogP) is 3.30. The molecular weight excluding hydrogens is 328 g/mol. The van der Waals surface area contributed by atoms with Crippen LogP contribution in [0.1, 0.15) is 78.6 Å². The van der Waals surface area contributed by atoms with E-state index in [0.717, 1.165) is 64.6 Å². The van der Waals surface area contributed by atoms with Gasteiger partial charge < -0.3 is 15.4 Å². The van der Waals surface area contributed by atoms with E-state index >= 15 is 0 Å². The van der Waals surface area contributed by atoms with Gasteiger partial charge in [-0.05, 0) is 64.0 Å². The van der Waals surface area contributed by atoms with Crippen molar-refractivity contribution in [3.05, 3.63) is 0 Å². The van der Waals surface area contributed by atoms with E-state index in [-0.39, 0.29) is 29.3 Å². The maximum atomic E-state index is 12.5. The minimum Gasteiger partial charge on any atom is -0.462 e. The van der Waals surface area contributed by atoms with Gasteiger partial charge in [0, 0.05) is 19.4 Å². The van der Waals surface area contributed by atoms with Crippen LogP contribution in [-0.4, -0.2) is 48.4 Å². The van der Waals surface area contributed by atoms with E-state index in [2.05, 4.69) is 18.7 Å². The lowest BCUT2D eigenvalue weighted by atomic mass is 9.68. The van der Waals surface area contributed by atoms with Crippen LogP contribution in [-0.2, 0) is 14.3 Å². The molecule has 0 bridgehead atoms. The minimum atomic E-state index is -0.304. The van der Waals surface area contributed by atoms with Crippen molar-refractivity contribution >= 4 is 11.8 Å². The van der Waals surface area contributed by atoms with Crippen LogP contribution in [0.5, 0.6) is 0 Å². The lowest BCUT2D eigenvalue weighted by Crippen LogP contribution is -2.33. The van der Waals surface area contributed by atoms with Crippen molar-refractivity contribution in [1.29, 1.82) is 0 Å². The van der Waals surface area contributed by atoms with Crippen molar-refractivity contribution in [2.75, 3.05) is 19.6 Å². The topological polar surface area (TPSA) is 72.6 Å². The van der Waals surface area contributed by atoms with Crippen molar-refractivity contribution in [3.8, 4) is 0 Å². The molecule has 0 aromatic carbocycles. The van der Waals surface area contributed by atoms with Gasteiger partial charge in [-0.2, -0.15) is 0 Å². The Hall–Kier alpha value is -0.940. The smallest absolute Gasteiger partial charge is 0.312 e. The lowest BCUT2D eigenvalue weighted by molar-refractivity contribution is -0.150. The molecule has 5 heteroatoms. The van der Waals surface area contributed by atoms with E-state index in [9.17, 15) is 9.59 Å². The SMILES string of the molecule is CC[C@H](N)C(=O)CCC1CCC2(CC1)C[C@H](CCN(CC)CC)OC2=O. The summed E-state index contributed by atoms with van der Waals surface area (Å²) in [5, 5.41) is 0.